The molecule has 0 saturated carbocycles. The zero-order valence-electron chi connectivity index (χ0n) is 4.66. The summed E-state index contributed by atoms with van der Waals surface area (Å²) in [5.41, 5.74) is 4.77. The maximum absolute atomic E-state index is 11.6. The van der Waals surface area contributed by atoms with E-state index >= 15 is 0 Å². The Morgan fingerprint density at radius 2 is 1.55 bits per heavy atom. The Bertz CT molecular complexity index is 181. The van der Waals surface area contributed by atoms with Crippen LogP contribution in [0.3, 0.4) is 0 Å². The standard InChI is InChI=1S/C3ClF5N2/c4-2(5,6)1(11-10)3(7,8)9. The molecule has 0 rings (SSSR count). The first-order chi connectivity index (χ1) is 4.69. The van der Waals surface area contributed by atoms with E-state index in [1.54, 1.807) is 0 Å². The van der Waals surface area contributed by atoms with Crippen LogP contribution in [0.4, 0.5) is 22.0 Å². The molecule has 0 radical (unpaired) electrons. The van der Waals surface area contributed by atoms with E-state index in [2.05, 4.69) is 11.6 Å². The predicted molar refractivity (Wildman–Crippen MR) is 25.5 cm³/mol. The number of nitrogens with zero attached hydrogens (tertiary/aromatic N) is 2. The van der Waals surface area contributed by atoms with Crippen LogP contribution in [-0.4, -0.2) is 22.1 Å². The summed E-state index contributed by atoms with van der Waals surface area (Å²) in [6.07, 6.45) is -5.43. The van der Waals surface area contributed by atoms with Crippen LogP contribution in [0, 0.1) is 0 Å². The fourth-order valence-corrected chi connectivity index (χ4v) is 0.419. The van der Waals surface area contributed by atoms with Gasteiger partial charge in [-0.2, -0.15) is 26.7 Å². The van der Waals surface area contributed by atoms with E-state index in [4.69, 9.17) is 5.53 Å². The summed E-state index contributed by atoms with van der Waals surface area (Å²) in [5, 5.41) is -4.70. The minimum atomic E-state index is -5.43. The fourth-order valence-electron chi connectivity index (χ4n) is 0.274. The average molecular weight is 194 g/mol. The summed E-state index contributed by atoms with van der Waals surface area (Å²) in [7, 11) is 0. The Labute approximate surface area is 62.2 Å². The van der Waals surface area contributed by atoms with Crippen LogP contribution in [0.1, 0.15) is 0 Å². The minimum Gasteiger partial charge on any atom is -0.361 e. The molecule has 0 heterocycles. The molecule has 0 N–H and O–H groups in total. The van der Waals surface area contributed by atoms with E-state index in [1.165, 1.54) is 4.79 Å². The topological polar surface area (TPSA) is 36.4 Å². The van der Waals surface area contributed by atoms with E-state index < -0.39 is 17.3 Å². The summed E-state index contributed by atoms with van der Waals surface area (Å²) in [6, 6.07) is 0. The van der Waals surface area contributed by atoms with Crippen molar-refractivity contribution in [3.63, 3.8) is 0 Å². The van der Waals surface area contributed by atoms with Crippen molar-refractivity contribution in [3.8, 4) is 0 Å². The van der Waals surface area contributed by atoms with Crippen LogP contribution in [0.15, 0.2) is 0 Å². The quantitative estimate of drug-likeness (QED) is 0.201. The van der Waals surface area contributed by atoms with E-state index in [1.807, 2.05) is 0 Å². The number of hydrogen-bond donors (Lipinski definition) is 0. The van der Waals surface area contributed by atoms with Crippen molar-refractivity contribution in [1.82, 2.24) is 0 Å². The third-order valence-electron chi connectivity index (χ3n) is 0.637. The van der Waals surface area contributed by atoms with Gasteiger partial charge in [0.05, 0.1) is 0 Å². The summed E-state index contributed by atoms with van der Waals surface area (Å²) in [4.78, 5) is 1.34. The minimum absolute atomic E-state index is 1.34. The predicted octanol–water partition coefficient (Wildman–Crippen LogP) is 2.05. The molecular weight excluding hydrogens is 194 g/mol. The SMILES string of the molecule is [N-]=[N+]=C(C(F)(F)F)C(F)(F)Cl. The number of halogens is 6. The van der Waals surface area contributed by atoms with Gasteiger partial charge in [-0.15, -0.1) is 0 Å². The van der Waals surface area contributed by atoms with Crippen molar-refractivity contribution in [2.24, 2.45) is 0 Å². The number of rotatable bonds is 1. The van der Waals surface area contributed by atoms with E-state index in [-0.39, 0.29) is 0 Å². The Hall–Kier alpha value is -0.680. The molecule has 8 heteroatoms. The van der Waals surface area contributed by atoms with Crippen molar-refractivity contribution < 1.29 is 26.7 Å². The molecular formula is C3ClF5N2. The van der Waals surface area contributed by atoms with Gasteiger partial charge < -0.3 is 5.53 Å². The largest absolute Gasteiger partial charge is 0.498 e. The Kier molecular flexibility index (Phi) is 2.58. The van der Waals surface area contributed by atoms with Gasteiger partial charge in [-0.25, -0.2) is 0 Å². The molecule has 0 saturated heterocycles. The van der Waals surface area contributed by atoms with E-state index in [0.717, 1.165) is 0 Å². The van der Waals surface area contributed by atoms with Crippen molar-refractivity contribution in [2.45, 2.75) is 11.6 Å². The molecule has 11 heavy (non-hydrogen) atoms. The van der Waals surface area contributed by atoms with Crippen molar-refractivity contribution in [2.75, 3.05) is 0 Å². The van der Waals surface area contributed by atoms with Gasteiger partial charge in [0.25, 0.3) is 0 Å². The summed E-state index contributed by atoms with van der Waals surface area (Å²) < 4.78 is 57.4. The lowest BCUT2D eigenvalue weighted by Gasteiger charge is -2.04. The maximum Gasteiger partial charge on any atom is 0.498 e. The molecule has 0 fully saturated rings. The smallest absolute Gasteiger partial charge is 0.361 e. The monoisotopic (exact) mass is 194 g/mol. The third kappa shape index (κ3) is 2.81. The zero-order chi connectivity index (χ0) is 9.28. The lowest BCUT2D eigenvalue weighted by molar-refractivity contribution is -0.133. The summed E-state index contributed by atoms with van der Waals surface area (Å²) in [6.45, 7) is 0. The molecule has 0 bridgehead atoms. The number of alkyl halides is 6. The van der Waals surface area contributed by atoms with Crippen LogP contribution in [0.5, 0.6) is 0 Å². The summed E-state index contributed by atoms with van der Waals surface area (Å²) in [5.74, 6) is 0. The highest BCUT2D eigenvalue weighted by atomic mass is 35.5. The van der Waals surface area contributed by atoms with Crippen molar-refractivity contribution >= 4 is 17.3 Å². The fraction of sp³-hybridized carbons (Fsp3) is 0.667. The molecule has 0 unspecified atom stereocenters. The second-order valence-corrected chi connectivity index (χ2v) is 1.92. The lowest BCUT2D eigenvalue weighted by atomic mass is 10.4. The molecule has 0 aromatic heterocycles. The average Bonchev–Trinajstić information content (AvgIpc) is 1.56. The van der Waals surface area contributed by atoms with E-state index in [0.29, 0.717) is 0 Å². The van der Waals surface area contributed by atoms with Gasteiger partial charge in [-0.05, 0) is 11.6 Å². The number of hydrogen-bond acceptors (Lipinski definition) is 0. The van der Waals surface area contributed by atoms with Crippen LogP contribution < -0.4 is 0 Å². The normalized spacial score (nSPS) is 12.5. The first-order valence-electron chi connectivity index (χ1n) is 2.06. The molecule has 0 atom stereocenters. The van der Waals surface area contributed by atoms with Gasteiger partial charge >= 0.3 is 17.3 Å². The van der Waals surface area contributed by atoms with Crippen LogP contribution >= 0.6 is 11.6 Å². The highest BCUT2D eigenvalue weighted by Gasteiger charge is 2.60. The van der Waals surface area contributed by atoms with Crippen LogP contribution in [-0.2, 0) is 0 Å². The van der Waals surface area contributed by atoms with Gasteiger partial charge in [-0.3, -0.25) is 0 Å². The third-order valence-corrected chi connectivity index (χ3v) is 0.816. The Morgan fingerprint density at radius 1 is 1.18 bits per heavy atom. The van der Waals surface area contributed by atoms with Crippen LogP contribution in [0.2, 0.25) is 0 Å². The van der Waals surface area contributed by atoms with E-state index in [9.17, 15) is 22.0 Å². The molecule has 0 aromatic rings. The maximum atomic E-state index is 11.6. The second-order valence-electron chi connectivity index (χ2n) is 1.44. The lowest BCUT2D eigenvalue weighted by Crippen LogP contribution is -2.37. The van der Waals surface area contributed by atoms with Gasteiger partial charge in [0.1, 0.15) is 0 Å². The highest BCUT2D eigenvalue weighted by Crippen LogP contribution is 2.30. The molecule has 0 aliphatic rings. The van der Waals surface area contributed by atoms with Crippen molar-refractivity contribution in [1.29, 1.82) is 0 Å². The Balaban J connectivity index is 4.90. The highest BCUT2D eigenvalue weighted by molar-refractivity contribution is 6.33. The van der Waals surface area contributed by atoms with Crippen LogP contribution in [0.25, 0.3) is 5.53 Å². The molecule has 0 aromatic carbocycles. The summed E-state index contributed by atoms with van der Waals surface area (Å²) >= 11 is 3.94. The molecule has 0 spiro atoms. The van der Waals surface area contributed by atoms with Gasteiger partial charge in [0.2, 0.25) is 0 Å². The molecule has 0 amide bonds. The van der Waals surface area contributed by atoms with Gasteiger partial charge in [0, 0.05) is 0 Å². The Morgan fingerprint density at radius 3 is 1.55 bits per heavy atom. The molecule has 0 aliphatic heterocycles. The van der Waals surface area contributed by atoms with Gasteiger partial charge in [0.15, 0.2) is 0 Å². The van der Waals surface area contributed by atoms with Gasteiger partial charge in [-0.1, -0.05) is 0 Å². The molecule has 64 valence electrons. The second kappa shape index (κ2) is 2.75. The zero-order valence-corrected chi connectivity index (χ0v) is 5.42. The van der Waals surface area contributed by atoms with Crippen molar-refractivity contribution in [3.05, 3.63) is 5.53 Å². The first kappa shape index (κ1) is 10.3. The first-order valence-corrected chi connectivity index (χ1v) is 2.44. The molecule has 2 nitrogen and oxygen atoms in total. The molecule has 0 aliphatic carbocycles.